The highest BCUT2D eigenvalue weighted by atomic mass is 16.4. The predicted molar refractivity (Wildman–Crippen MR) is 112 cm³/mol. The molecule has 0 fully saturated rings. The first-order valence-electron chi connectivity index (χ1n) is 9.38. The van der Waals surface area contributed by atoms with E-state index in [0.717, 1.165) is 11.3 Å². The molecular formula is C21H24N6O3. The number of anilines is 2. The average molecular weight is 408 g/mol. The summed E-state index contributed by atoms with van der Waals surface area (Å²) in [5, 5.41) is 21.9. The normalized spacial score (nSPS) is 11.2. The van der Waals surface area contributed by atoms with Gasteiger partial charge < -0.3 is 15.5 Å². The number of nitrogens with zero attached hydrogens (tertiary/aromatic N) is 5. The van der Waals surface area contributed by atoms with Crippen molar-refractivity contribution in [1.29, 1.82) is 0 Å². The van der Waals surface area contributed by atoms with Gasteiger partial charge in [-0.3, -0.25) is 9.88 Å². The number of benzene rings is 1. The second-order valence-corrected chi connectivity index (χ2v) is 7.69. The Labute approximate surface area is 174 Å². The molecule has 0 saturated heterocycles. The van der Waals surface area contributed by atoms with E-state index < -0.39 is 11.6 Å². The van der Waals surface area contributed by atoms with Gasteiger partial charge in [0.15, 0.2) is 5.82 Å². The van der Waals surface area contributed by atoms with Crippen molar-refractivity contribution in [3.8, 4) is 11.4 Å². The van der Waals surface area contributed by atoms with Crippen molar-refractivity contribution in [2.24, 2.45) is 0 Å². The van der Waals surface area contributed by atoms with Gasteiger partial charge in [0.25, 0.3) is 0 Å². The number of aliphatic hydroxyl groups excluding tert-OH is 1. The topological polar surface area (TPSA) is 124 Å². The number of aliphatic hydroxyl groups is 1. The summed E-state index contributed by atoms with van der Waals surface area (Å²) in [5.41, 5.74) is 2.26. The molecule has 2 heterocycles. The minimum Gasteiger partial charge on any atom is -0.465 e. The Balaban J connectivity index is 1.83. The Bertz CT molecular complexity index is 1040. The molecule has 0 unspecified atom stereocenters. The third kappa shape index (κ3) is 5.26. The van der Waals surface area contributed by atoms with Crippen LogP contribution >= 0.6 is 0 Å². The zero-order valence-electron chi connectivity index (χ0n) is 17.1. The minimum absolute atomic E-state index is 0.0559. The average Bonchev–Trinajstić information content (AvgIpc) is 2.71. The molecule has 0 radical (unpaired) electrons. The van der Waals surface area contributed by atoms with Gasteiger partial charge in [-0.25, -0.2) is 14.8 Å². The van der Waals surface area contributed by atoms with E-state index in [0.29, 0.717) is 23.0 Å². The highest BCUT2D eigenvalue weighted by Gasteiger charge is 2.26. The summed E-state index contributed by atoms with van der Waals surface area (Å²) in [5.74, 6) is 0.794. The standard InChI is InChI=1S/C21H24N6O3/c1-21(2,3)27(20(29)30)11-17-10-15(7-8-22-17)18-23-13-24-19(26-18)25-16-6-4-5-14(9-16)12-28/h4-10,13,28H,11-12H2,1-3H3,(H,29,30)(H,23,24,25,26). The van der Waals surface area contributed by atoms with Crippen LogP contribution in [-0.4, -0.2) is 46.7 Å². The van der Waals surface area contributed by atoms with Gasteiger partial charge in [-0.15, -0.1) is 0 Å². The third-order valence-electron chi connectivity index (χ3n) is 4.37. The first-order valence-corrected chi connectivity index (χ1v) is 9.38. The highest BCUT2D eigenvalue weighted by molar-refractivity contribution is 5.66. The zero-order valence-corrected chi connectivity index (χ0v) is 17.1. The van der Waals surface area contributed by atoms with E-state index in [2.05, 4.69) is 25.3 Å². The van der Waals surface area contributed by atoms with Crippen LogP contribution in [0.4, 0.5) is 16.4 Å². The van der Waals surface area contributed by atoms with Gasteiger partial charge >= 0.3 is 6.09 Å². The molecule has 30 heavy (non-hydrogen) atoms. The summed E-state index contributed by atoms with van der Waals surface area (Å²) in [6.07, 6.45) is 2.00. The molecule has 3 aromatic rings. The molecule has 3 rings (SSSR count). The summed E-state index contributed by atoms with van der Waals surface area (Å²) in [6, 6.07) is 10.8. The highest BCUT2D eigenvalue weighted by Crippen LogP contribution is 2.21. The SMILES string of the molecule is CC(C)(C)N(Cc1cc(-c2ncnc(Nc3cccc(CO)c3)n2)ccn1)C(=O)O. The second-order valence-electron chi connectivity index (χ2n) is 7.69. The molecule has 0 atom stereocenters. The lowest BCUT2D eigenvalue weighted by molar-refractivity contribution is 0.0947. The molecule has 0 aliphatic carbocycles. The molecule has 9 nitrogen and oxygen atoms in total. The maximum Gasteiger partial charge on any atom is 0.408 e. The van der Waals surface area contributed by atoms with Crippen molar-refractivity contribution in [3.05, 3.63) is 60.2 Å². The Hall–Kier alpha value is -3.59. The van der Waals surface area contributed by atoms with E-state index in [1.165, 1.54) is 11.2 Å². The van der Waals surface area contributed by atoms with Crippen LogP contribution in [0.3, 0.4) is 0 Å². The fourth-order valence-electron chi connectivity index (χ4n) is 2.83. The Morgan fingerprint density at radius 2 is 1.93 bits per heavy atom. The number of hydrogen-bond acceptors (Lipinski definition) is 7. The van der Waals surface area contributed by atoms with Gasteiger partial charge in [-0.1, -0.05) is 12.1 Å². The quantitative estimate of drug-likeness (QED) is 0.566. The van der Waals surface area contributed by atoms with E-state index in [1.54, 1.807) is 24.4 Å². The number of nitrogens with one attached hydrogen (secondary N) is 1. The van der Waals surface area contributed by atoms with Gasteiger partial charge in [-0.05, 0) is 50.6 Å². The number of pyridine rings is 1. The van der Waals surface area contributed by atoms with Crippen molar-refractivity contribution < 1.29 is 15.0 Å². The molecule has 156 valence electrons. The number of aromatic nitrogens is 4. The molecule has 1 amide bonds. The molecule has 1 aromatic carbocycles. The van der Waals surface area contributed by atoms with Crippen LogP contribution in [0.25, 0.3) is 11.4 Å². The lowest BCUT2D eigenvalue weighted by Crippen LogP contribution is -2.44. The Morgan fingerprint density at radius 1 is 1.13 bits per heavy atom. The fraction of sp³-hybridized carbons (Fsp3) is 0.286. The van der Waals surface area contributed by atoms with Crippen LogP contribution in [0, 0.1) is 0 Å². The fourth-order valence-corrected chi connectivity index (χ4v) is 2.83. The maximum absolute atomic E-state index is 11.6. The molecule has 3 N–H and O–H groups in total. The molecule has 2 aromatic heterocycles. The summed E-state index contributed by atoms with van der Waals surface area (Å²) < 4.78 is 0. The first-order chi connectivity index (χ1) is 14.3. The Morgan fingerprint density at radius 3 is 2.63 bits per heavy atom. The Kier molecular flexibility index (Phi) is 6.22. The summed E-state index contributed by atoms with van der Waals surface area (Å²) in [4.78, 5) is 30.1. The summed E-state index contributed by atoms with van der Waals surface area (Å²) in [6.45, 7) is 5.60. The zero-order chi connectivity index (χ0) is 21.7. The van der Waals surface area contributed by atoms with Crippen molar-refractivity contribution in [2.45, 2.75) is 39.5 Å². The summed E-state index contributed by atoms with van der Waals surface area (Å²) in [7, 11) is 0. The lowest BCUT2D eigenvalue weighted by Gasteiger charge is -2.32. The van der Waals surface area contributed by atoms with Gasteiger partial charge in [0, 0.05) is 23.0 Å². The number of hydrogen-bond donors (Lipinski definition) is 3. The summed E-state index contributed by atoms with van der Waals surface area (Å²) >= 11 is 0. The number of rotatable bonds is 6. The number of amides is 1. The maximum atomic E-state index is 11.6. The molecular weight excluding hydrogens is 384 g/mol. The van der Waals surface area contributed by atoms with Gasteiger partial charge in [0.1, 0.15) is 6.33 Å². The molecule has 0 spiro atoms. The second kappa shape index (κ2) is 8.83. The van der Waals surface area contributed by atoms with Crippen LogP contribution in [0.2, 0.25) is 0 Å². The van der Waals surface area contributed by atoms with Crippen LogP contribution in [-0.2, 0) is 13.2 Å². The van der Waals surface area contributed by atoms with Crippen molar-refractivity contribution in [2.75, 3.05) is 5.32 Å². The van der Waals surface area contributed by atoms with Crippen molar-refractivity contribution >= 4 is 17.7 Å². The minimum atomic E-state index is -1.01. The lowest BCUT2D eigenvalue weighted by atomic mass is 10.1. The van der Waals surface area contributed by atoms with E-state index in [-0.39, 0.29) is 13.2 Å². The van der Waals surface area contributed by atoms with E-state index in [1.807, 2.05) is 39.0 Å². The van der Waals surface area contributed by atoms with Crippen LogP contribution in [0.15, 0.2) is 48.9 Å². The predicted octanol–water partition coefficient (Wildman–Crippen LogP) is 3.45. The first kappa shape index (κ1) is 21.1. The van der Waals surface area contributed by atoms with E-state index in [9.17, 15) is 15.0 Å². The monoisotopic (exact) mass is 408 g/mol. The van der Waals surface area contributed by atoms with Gasteiger partial charge in [-0.2, -0.15) is 4.98 Å². The van der Waals surface area contributed by atoms with Gasteiger partial charge in [0.2, 0.25) is 5.95 Å². The van der Waals surface area contributed by atoms with Crippen LogP contribution in [0.5, 0.6) is 0 Å². The van der Waals surface area contributed by atoms with Gasteiger partial charge in [0.05, 0.1) is 18.8 Å². The molecule has 9 heteroatoms. The molecule has 0 aliphatic rings. The van der Waals surface area contributed by atoms with Crippen LogP contribution in [0.1, 0.15) is 32.0 Å². The van der Waals surface area contributed by atoms with E-state index >= 15 is 0 Å². The van der Waals surface area contributed by atoms with E-state index in [4.69, 9.17) is 0 Å². The number of carbonyl (C=O) groups is 1. The smallest absolute Gasteiger partial charge is 0.408 e. The third-order valence-corrected chi connectivity index (χ3v) is 4.37. The number of carboxylic acid groups (broad SMARTS) is 1. The van der Waals surface area contributed by atoms with Crippen molar-refractivity contribution in [3.63, 3.8) is 0 Å². The molecule has 0 aliphatic heterocycles. The largest absolute Gasteiger partial charge is 0.465 e. The molecule has 0 saturated carbocycles. The molecule has 0 bridgehead atoms. The van der Waals surface area contributed by atoms with Crippen LogP contribution < -0.4 is 5.32 Å². The van der Waals surface area contributed by atoms with Crippen molar-refractivity contribution in [1.82, 2.24) is 24.8 Å².